The van der Waals surface area contributed by atoms with Gasteiger partial charge in [0, 0.05) is 24.5 Å². The van der Waals surface area contributed by atoms with Gasteiger partial charge in [-0.25, -0.2) is 8.42 Å². The normalized spacial score (nSPS) is 14.0. The summed E-state index contributed by atoms with van der Waals surface area (Å²) in [4.78, 5) is 2.26. The standard InChI is InChI=1S/C18H22N2O4S/c1-23-17-10-13-8-9-20(12-14(13)11-18(17)24-2)16-6-4-15(5-7-16)19-25(3,21)22/h4-7,10-11,19H,8-9,12H2,1-3H3. The Balaban J connectivity index is 1.80. The Hall–Kier alpha value is -2.41. The molecule has 134 valence electrons. The number of nitrogens with one attached hydrogen (secondary N) is 1. The first kappa shape index (κ1) is 17.4. The highest BCUT2D eigenvalue weighted by molar-refractivity contribution is 7.92. The van der Waals surface area contributed by atoms with E-state index in [0.29, 0.717) is 5.69 Å². The van der Waals surface area contributed by atoms with E-state index >= 15 is 0 Å². The van der Waals surface area contributed by atoms with Crippen LogP contribution in [0.1, 0.15) is 11.1 Å². The monoisotopic (exact) mass is 362 g/mol. The zero-order valence-corrected chi connectivity index (χ0v) is 15.4. The van der Waals surface area contributed by atoms with E-state index in [-0.39, 0.29) is 0 Å². The summed E-state index contributed by atoms with van der Waals surface area (Å²) in [5.74, 6) is 1.49. The lowest BCUT2D eigenvalue weighted by atomic mass is 9.98. The quantitative estimate of drug-likeness (QED) is 0.886. The first-order valence-electron chi connectivity index (χ1n) is 7.96. The summed E-state index contributed by atoms with van der Waals surface area (Å²) in [6.07, 6.45) is 2.06. The minimum atomic E-state index is -3.26. The van der Waals surface area contributed by atoms with Crippen LogP contribution >= 0.6 is 0 Å². The second kappa shape index (κ2) is 6.84. The van der Waals surface area contributed by atoms with Crippen LogP contribution in [0.3, 0.4) is 0 Å². The molecule has 0 aromatic heterocycles. The molecule has 6 nitrogen and oxygen atoms in total. The number of anilines is 2. The number of benzene rings is 2. The van der Waals surface area contributed by atoms with Crippen molar-refractivity contribution in [1.29, 1.82) is 0 Å². The van der Waals surface area contributed by atoms with Gasteiger partial charge in [-0.15, -0.1) is 0 Å². The molecule has 1 N–H and O–H groups in total. The van der Waals surface area contributed by atoms with Gasteiger partial charge in [0.15, 0.2) is 11.5 Å². The minimum Gasteiger partial charge on any atom is -0.493 e. The number of hydrogen-bond donors (Lipinski definition) is 1. The Morgan fingerprint density at radius 3 is 2.16 bits per heavy atom. The third kappa shape index (κ3) is 3.99. The van der Waals surface area contributed by atoms with E-state index in [2.05, 4.69) is 9.62 Å². The van der Waals surface area contributed by atoms with Crippen molar-refractivity contribution >= 4 is 21.4 Å². The summed E-state index contributed by atoms with van der Waals surface area (Å²) in [6.45, 7) is 1.66. The van der Waals surface area contributed by atoms with Crippen molar-refractivity contribution in [2.75, 3.05) is 36.6 Å². The second-order valence-corrected chi connectivity index (χ2v) is 7.82. The van der Waals surface area contributed by atoms with E-state index in [1.165, 1.54) is 11.1 Å². The summed E-state index contributed by atoms with van der Waals surface area (Å²) in [5.41, 5.74) is 4.10. The first-order valence-corrected chi connectivity index (χ1v) is 9.85. The topological polar surface area (TPSA) is 67.9 Å². The third-order valence-corrected chi connectivity index (χ3v) is 4.86. The molecule has 7 heteroatoms. The molecule has 0 spiro atoms. The minimum absolute atomic E-state index is 0.565. The molecule has 1 aliphatic heterocycles. The number of fused-ring (bicyclic) bond motifs is 1. The lowest BCUT2D eigenvalue weighted by Crippen LogP contribution is -2.30. The highest BCUT2D eigenvalue weighted by atomic mass is 32.2. The van der Waals surface area contributed by atoms with Gasteiger partial charge in [-0.1, -0.05) is 0 Å². The molecule has 0 unspecified atom stereocenters. The molecule has 2 aromatic carbocycles. The zero-order valence-electron chi connectivity index (χ0n) is 14.6. The number of nitrogens with zero attached hydrogens (tertiary/aromatic N) is 1. The van der Waals surface area contributed by atoms with Crippen molar-refractivity contribution in [3.8, 4) is 11.5 Å². The smallest absolute Gasteiger partial charge is 0.229 e. The summed E-state index contributed by atoms with van der Waals surface area (Å²) in [7, 11) is 0.0230. The Labute approximate surface area is 148 Å². The Morgan fingerprint density at radius 2 is 1.60 bits per heavy atom. The lowest BCUT2D eigenvalue weighted by Gasteiger charge is -2.31. The molecule has 1 aliphatic rings. The van der Waals surface area contributed by atoms with Crippen molar-refractivity contribution in [2.45, 2.75) is 13.0 Å². The molecule has 1 heterocycles. The number of sulfonamides is 1. The molecule has 0 saturated carbocycles. The van der Waals surface area contributed by atoms with Crippen LogP contribution in [0, 0.1) is 0 Å². The molecule has 2 aromatic rings. The Kier molecular flexibility index (Phi) is 4.76. The van der Waals surface area contributed by atoms with Crippen LogP contribution in [0.5, 0.6) is 11.5 Å². The maximum Gasteiger partial charge on any atom is 0.229 e. The van der Waals surface area contributed by atoms with Gasteiger partial charge in [0.05, 0.1) is 20.5 Å². The fourth-order valence-corrected chi connectivity index (χ4v) is 3.62. The number of ether oxygens (including phenoxy) is 2. The molecule has 0 bridgehead atoms. The molecule has 0 atom stereocenters. The van der Waals surface area contributed by atoms with Gasteiger partial charge >= 0.3 is 0 Å². The van der Waals surface area contributed by atoms with Crippen LogP contribution in [0.25, 0.3) is 0 Å². The van der Waals surface area contributed by atoms with Gasteiger partial charge < -0.3 is 14.4 Å². The van der Waals surface area contributed by atoms with Crippen molar-refractivity contribution in [2.24, 2.45) is 0 Å². The number of rotatable bonds is 5. The van der Waals surface area contributed by atoms with Crippen LogP contribution in [0.15, 0.2) is 36.4 Å². The van der Waals surface area contributed by atoms with Crippen molar-refractivity contribution in [3.63, 3.8) is 0 Å². The van der Waals surface area contributed by atoms with Gasteiger partial charge in [0.2, 0.25) is 10.0 Å². The summed E-state index contributed by atoms with van der Waals surface area (Å²) in [6, 6.07) is 11.5. The highest BCUT2D eigenvalue weighted by Crippen LogP contribution is 2.34. The number of hydrogen-bond acceptors (Lipinski definition) is 5. The average Bonchev–Trinajstić information content (AvgIpc) is 2.59. The number of methoxy groups -OCH3 is 2. The van der Waals surface area contributed by atoms with Gasteiger partial charge in [0.25, 0.3) is 0 Å². The molecule has 0 radical (unpaired) electrons. The largest absolute Gasteiger partial charge is 0.493 e. The van der Waals surface area contributed by atoms with Crippen molar-refractivity contribution in [3.05, 3.63) is 47.5 Å². The van der Waals surface area contributed by atoms with Crippen LogP contribution < -0.4 is 19.1 Å². The Morgan fingerprint density at radius 1 is 1.00 bits per heavy atom. The van der Waals surface area contributed by atoms with Gasteiger partial charge in [0.1, 0.15) is 0 Å². The average molecular weight is 362 g/mol. The fraction of sp³-hybridized carbons (Fsp3) is 0.333. The van der Waals surface area contributed by atoms with Crippen LogP contribution in [0.4, 0.5) is 11.4 Å². The summed E-state index contributed by atoms with van der Waals surface area (Å²) < 4.78 is 35.8. The molecule has 0 aliphatic carbocycles. The fourth-order valence-electron chi connectivity index (χ4n) is 3.06. The molecule has 25 heavy (non-hydrogen) atoms. The van der Waals surface area contributed by atoms with Crippen LogP contribution in [0.2, 0.25) is 0 Å². The first-order chi connectivity index (χ1) is 11.9. The highest BCUT2D eigenvalue weighted by Gasteiger charge is 2.19. The van der Waals surface area contributed by atoms with Gasteiger partial charge in [-0.2, -0.15) is 0 Å². The molecule has 0 saturated heterocycles. The second-order valence-electron chi connectivity index (χ2n) is 6.07. The van der Waals surface area contributed by atoms with E-state index < -0.39 is 10.0 Å². The van der Waals surface area contributed by atoms with E-state index in [1.807, 2.05) is 24.3 Å². The van der Waals surface area contributed by atoms with Crippen LogP contribution in [-0.4, -0.2) is 35.4 Å². The molecule has 0 fully saturated rings. The van der Waals surface area contributed by atoms with E-state index in [0.717, 1.165) is 43.0 Å². The van der Waals surface area contributed by atoms with E-state index in [1.54, 1.807) is 26.4 Å². The third-order valence-electron chi connectivity index (χ3n) is 4.25. The lowest BCUT2D eigenvalue weighted by molar-refractivity contribution is 0.353. The Bertz CT molecular complexity index is 863. The van der Waals surface area contributed by atoms with Crippen molar-refractivity contribution < 1.29 is 17.9 Å². The molecule has 0 amide bonds. The van der Waals surface area contributed by atoms with E-state index in [9.17, 15) is 8.42 Å². The zero-order chi connectivity index (χ0) is 18.0. The maximum atomic E-state index is 11.3. The van der Waals surface area contributed by atoms with Crippen molar-refractivity contribution in [1.82, 2.24) is 0 Å². The summed E-state index contributed by atoms with van der Waals surface area (Å²) >= 11 is 0. The van der Waals surface area contributed by atoms with E-state index in [4.69, 9.17) is 9.47 Å². The SMILES string of the molecule is COc1cc2c(cc1OC)CN(c1ccc(NS(C)(=O)=O)cc1)CC2. The predicted octanol–water partition coefficient (Wildman–Crippen LogP) is 2.64. The maximum absolute atomic E-state index is 11.3. The molecular weight excluding hydrogens is 340 g/mol. The predicted molar refractivity (Wildman–Crippen MR) is 99.2 cm³/mol. The molecule has 3 rings (SSSR count). The van der Waals surface area contributed by atoms with Crippen LogP contribution in [-0.2, 0) is 23.0 Å². The molecular formula is C18H22N2O4S. The summed E-state index contributed by atoms with van der Waals surface area (Å²) in [5, 5.41) is 0. The van der Waals surface area contributed by atoms with Gasteiger partial charge in [-0.3, -0.25) is 4.72 Å². The van der Waals surface area contributed by atoms with Gasteiger partial charge in [-0.05, 0) is 53.9 Å².